The molecule has 140 valence electrons. The zero-order valence-electron chi connectivity index (χ0n) is 15.7. The predicted octanol–water partition coefficient (Wildman–Crippen LogP) is 5.19. The quantitative estimate of drug-likeness (QED) is 0.363. The molecule has 1 rings (SSSR count). The zero-order chi connectivity index (χ0) is 18.3. The Morgan fingerprint density at radius 3 is 2.24 bits per heavy atom. The molecule has 0 aliphatic rings. The van der Waals surface area contributed by atoms with Crippen LogP contribution in [0.1, 0.15) is 77.2 Å². The van der Waals surface area contributed by atoms with E-state index in [9.17, 15) is 9.59 Å². The molecule has 0 bridgehead atoms. The molecule has 1 unspecified atom stereocenters. The number of hydrogen-bond donors (Lipinski definition) is 0. The maximum absolute atomic E-state index is 11.9. The summed E-state index contributed by atoms with van der Waals surface area (Å²) in [6.07, 6.45) is 7.32. The topological polar surface area (TPSA) is 52.6 Å². The molecule has 0 fully saturated rings. The number of unbranched alkanes of at least 4 members (excludes halogenated alkanes) is 3. The number of rotatable bonds is 13. The summed E-state index contributed by atoms with van der Waals surface area (Å²) in [7, 11) is 0. The van der Waals surface area contributed by atoms with E-state index in [0.717, 1.165) is 24.8 Å². The minimum absolute atomic E-state index is 0.0369. The molecule has 1 atom stereocenters. The van der Waals surface area contributed by atoms with Crippen molar-refractivity contribution < 1.29 is 19.1 Å². The molecular formula is C21H32O4. The second-order valence-electron chi connectivity index (χ2n) is 6.37. The van der Waals surface area contributed by atoms with E-state index in [1.165, 1.54) is 12.8 Å². The smallest absolute Gasteiger partial charge is 0.306 e. The van der Waals surface area contributed by atoms with Crippen molar-refractivity contribution in [1.82, 2.24) is 0 Å². The largest absolute Gasteiger partial charge is 0.462 e. The predicted molar refractivity (Wildman–Crippen MR) is 99.0 cm³/mol. The van der Waals surface area contributed by atoms with Gasteiger partial charge in [-0.1, -0.05) is 57.0 Å². The van der Waals surface area contributed by atoms with Crippen LogP contribution in [0, 0.1) is 0 Å². The zero-order valence-corrected chi connectivity index (χ0v) is 15.7. The average Bonchev–Trinajstić information content (AvgIpc) is 2.63. The number of esters is 2. The number of hydrogen-bond acceptors (Lipinski definition) is 4. The van der Waals surface area contributed by atoms with E-state index in [-0.39, 0.29) is 18.0 Å². The number of carbonyl (C=O) groups is 2. The fourth-order valence-electron chi connectivity index (χ4n) is 2.56. The van der Waals surface area contributed by atoms with Crippen LogP contribution in [0.5, 0.6) is 0 Å². The molecule has 0 aliphatic heterocycles. The maximum Gasteiger partial charge on any atom is 0.306 e. The SMILES string of the molecule is CCCCCC(CC)OC(=O)CCCCC(=O)OCc1ccccc1. The van der Waals surface area contributed by atoms with Gasteiger partial charge in [-0.3, -0.25) is 9.59 Å². The Morgan fingerprint density at radius 1 is 0.920 bits per heavy atom. The normalized spacial score (nSPS) is 11.8. The maximum atomic E-state index is 11.9. The summed E-state index contributed by atoms with van der Waals surface area (Å²) in [5.41, 5.74) is 0.980. The van der Waals surface area contributed by atoms with Gasteiger partial charge < -0.3 is 9.47 Å². The molecular weight excluding hydrogens is 316 g/mol. The lowest BCUT2D eigenvalue weighted by molar-refractivity contribution is -0.150. The van der Waals surface area contributed by atoms with Crippen LogP contribution in [0.25, 0.3) is 0 Å². The van der Waals surface area contributed by atoms with Gasteiger partial charge in [-0.2, -0.15) is 0 Å². The van der Waals surface area contributed by atoms with E-state index in [2.05, 4.69) is 6.92 Å². The lowest BCUT2D eigenvalue weighted by atomic mass is 10.1. The summed E-state index contributed by atoms with van der Waals surface area (Å²) in [4.78, 5) is 23.6. The Kier molecular flexibility index (Phi) is 11.4. The summed E-state index contributed by atoms with van der Waals surface area (Å²) in [6, 6.07) is 9.61. The van der Waals surface area contributed by atoms with Gasteiger partial charge in [0, 0.05) is 12.8 Å². The highest BCUT2D eigenvalue weighted by atomic mass is 16.5. The minimum Gasteiger partial charge on any atom is -0.462 e. The molecule has 0 radical (unpaired) electrons. The van der Waals surface area contributed by atoms with Crippen molar-refractivity contribution in [2.75, 3.05) is 0 Å². The first-order chi connectivity index (χ1) is 12.2. The third-order valence-electron chi connectivity index (χ3n) is 4.14. The van der Waals surface area contributed by atoms with E-state index in [1.54, 1.807) is 0 Å². The molecule has 0 heterocycles. The minimum atomic E-state index is -0.219. The van der Waals surface area contributed by atoms with Gasteiger partial charge in [0.1, 0.15) is 12.7 Å². The third-order valence-corrected chi connectivity index (χ3v) is 4.14. The molecule has 4 nitrogen and oxygen atoms in total. The van der Waals surface area contributed by atoms with Gasteiger partial charge in [0.25, 0.3) is 0 Å². The van der Waals surface area contributed by atoms with Gasteiger partial charge in [-0.15, -0.1) is 0 Å². The monoisotopic (exact) mass is 348 g/mol. The first kappa shape index (κ1) is 21.2. The van der Waals surface area contributed by atoms with Crippen LogP contribution in [0.3, 0.4) is 0 Å². The van der Waals surface area contributed by atoms with Gasteiger partial charge in [-0.25, -0.2) is 0 Å². The molecule has 0 saturated carbocycles. The highest BCUT2D eigenvalue weighted by molar-refractivity contribution is 5.70. The van der Waals surface area contributed by atoms with Crippen molar-refractivity contribution >= 4 is 11.9 Å². The summed E-state index contributed by atoms with van der Waals surface area (Å²) in [5, 5.41) is 0. The molecule has 0 aromatic heterocycles. The molecule has 4 heteroatoms. The molecule has 25 heavy (non-hydrogen) atoms. The second kappa shape index (κ2) is 13.5. The number of benzene rings is 1. The van der Waals surface area contributed by atoms with E-state index in [4.69, 9.17) is 9.47 Å². The fourth-order valence-corrected chi connectivity index (χ4v) is 2.56. The van der Waals surface area contributed by atoms with Gasteiger partial charge in [0.15, 0.2) is 0 Å². The van der Waals surface area contributed by atoms with Crippen molar-refractivity contribution in [1.29, 1.82) is 0 Å². The first-order valence-corrected chi connectivity index (χ1v) is 9.54. The van der Waals surface area contributed by atoms with Crippen molar-refractivity contribution in [3.63, 3.8) is 0 Å². The number of carbonyl (C=O) groups excluding carboxylic acids is 2. The van der Waals surface area contributed by atoms with Crippen molar-refractivity contribution in [3.8, 4) is 0 Å². The van der Waals surface area contributed by atoms with Crippen molar-refractivity contribution in [2.45, 2.75) is 84.3 Å². The summed E-state index contributed by atoms with van der Waals surface area (Å²) >= 11 is 0. The molecule has 0 aliphatic carbocycles. The Hall–Kier alpha value is -1.84. The molecule has 0 N–H and O–H groups in total. The Labute approximate surface area is 151 Å². The van der Waals surface area contributed by atoms with Crippen LogP contribution < -0.4 is 0 Å². The molecule has 1 aromatic rings. The van der Waals surface area contributed by atoms with Crippen LogP contribution in [0.15, 0.2) is 30.3 Å². The van der Waals surface area contributed by atoms with Crippen LogP contribution in [-0.2, 0) is 25.7 Å². The van der Waals surface area contributed by atoms with Crippen molar-refractivity contribution in [3.05, 3.63) is 35.9 Å². The summed E-state index contributed by atoms with van der Waals surface area (Å²) < 4.78 is 10.7. The third kappa shape index (κ3) is 10.6. The highest BCUT2D eigenvalue weighted by Crippen LogP contribution is 2.12. The van der Waals surface area contributed by atoms with Gasteiger partial charge in [0.05, 0.1) is 0 Å². The van der Waals surface area contributed by atoms with Crippen LogP contribution in [0.2, 0.25) is 0 Å². The Bertz CT molecular complexity index is 484. The van der Waals surface area contributed by atoms with E-state index in [1.807, 2.05) is 37.3 Å². The first-order valence-electron chi connectivity index (χ1n) is 9.54. The highest BCUT2D eigenvalue weighted by Gasteiger charge is 2.12. The Morgan fingerprint density at radius 2 is 1.60 bits per heavy atom. The second-order valence-corrected chi connectivity index (χ2v) is 6.37. The molecule has 1 aromatic carbocycles. The van der Waals surface area contributed by atoms with E-state index in [0.29, 0.717) is 32.3 Å². The van der Waals surface area contributed by atoms with Crippen molar-refractivity contribution in [2.24, 2.45) is 0 Å². The standard InChI is InChI=1S/C21H32O4/c1-3-5-7-14-19(4-2)25-21(23)16-11-10-15-20(22)24-17-18-12-8-6-9-13-18/h6,8-9,12-13,19H,3-5,7,10-11,14-17H2,1-2H3. The lowest BCUT2D eigenvalue weighted by Gasteiger charge is -2.16. The van der Waals surface area contributed by atoms with Crippen LogP contribution >= 0.6 is 0 Å². The van der Waals surface area contributed by atoms with Crippen LogP contribution in [-0.4, -0.2) is 18.0 Å². The number of ether oxygens (including phenoxy) is 2. The average molecular weight is 348 g/mol. The summed E-state index contributed by atoms with van der Waals surface area (Å²) in [6.45, 7) is 4.52. The van der Waals surface area contributed by atoms with E-state index < -0.39 is 0 Å². The molecule has 0 saturated heterocycles. The molecule has 0 amide bonds. The van der Waals surface area contributed by atoms with Crippen LogP contribution in [0.4, 0.5) is 0 Å². The Balaban J connectivity index is 2.09. The molecule has 0 spiro atoms. The van der Waals surface area contributed by atoms with Gasteiger partial charge in [0.2, 0.25) is 0 Å². The van der Waals surface area contributed by atoms with Gasteiger partial charge in [-0.05, 0) is 37.7 Å². The fraction of sp³-hybridized carbons (Fsp3) is 0.619. The summed E-state index contributed by atoms with van der Waals surface area (Å²) in [5.74, 6) is -0.371. The van der Waals surface area contributed by atoms with Gasteiger partial charge >= 0.3 is 11.9 Å². The van der Waals surface area contributed by atoms with E-state index >= 15 is 0 Å². The lowest BCUT2D eigenvalue weighted by Crippen LogP contribution is -2.17.